The maximum absolute atomic E-state index is 5.75. The Balaban J connectivity index is 1.33. The molecule has 2 aliphatic rings. The third kappa shape index (κ3) is 3.24. The fraction of sp³-hybridized carbons (Fsp3) is 0.556. The average Bonchev–Trinajstić information content (AvgIpc) is 2.85. The molecule has 0 saturated heterocycles. The first-order valence-corrected chi connectivity index (χ1v) is 8.91. The second-order valence-corrected chi connectivity index (χ2v) is 6.36. The highest BCUT2D eigenvalue weighted by molar-refractivity contribution is 5.47. The van der Waals surface area contributed by atoms with Gasteiger partial charge in [0.2, 0.25) is 0 Å². The molecule has 6 heteroatoms. The van der Waals surface area contributed by atoms with Gasteiger partial charge in [0.05, 0.1) is 0 Å². The zero-order valence-electron chi connectivity index (χ0n) is 14.0. The highest BCUT2D eigenvalue weighted by Crippen LogP contribution is 2.33. The van der Waals surface area contributed by atoms with Crippen LogP contribution >= 0.6 is 0 Å². The van der Waals surface area contributed by atoms with E-state index in [1.165, 1.54) is 19.3 Å². The highest BCUT2D eigenvalue weighted by atomic mass is 16.6. The van der Waals surface area contributed by atoms with Crippen LogP contribution in [0.2, 0.25) is 0 Å². The predicted octanol–water partition coefficient (Wildman–Crippen LogP) is 2.11. The summed E-state index contributed by atoms with van der Waals surface area (Å²) in [5.74, 6) is 4.00. The fourth-order valence-electron chi connectivity index (χ4n) is 3.43. The van der Waals surface area contributed by atoms with Crippen LogP contribution in [0.15, 0.2) is 18.2 Å². The number of hydrogen-bond donors (Lipinski definition) is 1. The molecule has 1 aromatic carbocycles. The summed E-state index contributed by atoms with van der Waals surface area (Å²) < 4.78 is 13.7. The molecule has 2 aliphatic heterocycles. The third-order valence-electron chi connectivity index (χ3n) is 4.67. The van der Waals surface area contributed by atoms with Crippen LogP contribution in [0.5, 0.6) is 11.5 Å². The normalized spacial score (nSPS) is 16.5. The van der Waals surface area contributed by atoms with E-state index >= 15 is 0 Å². The van der Waals surface area contributed by atoms with E-state index < -0.39 is 0 Å². The van der Waals surface area contributed by atoms with Gasteiger partial charge in [0.1, 0.15) is 24.9 Å². The van der Waals surface area contributed by atoms with Gasteiger partial charge in [-0.3, -0.25) is 0 Å². The molecular formula is C18H24N4O2. The molecule has 0 unspecified atom stereocenters. The van der Waals surface area contributed by atoms with Crippen molar-refractivity contribution in [1.82, 2.24) is 20.1 Å². The topological polar surface area (TPSA) is 61.2 Å². The van der Waals surface area contributed by atoms with Crippen molar-refractivity contribution in [3.63, 3.8) is 0 Å². The first-order valence-electron chi connectivity index (χ1n) is 8.91. The predicted molar refractivity (Wildman–Crippen MR) is 90.4 cm³/mol. The lowest BCUT2D eigenvalue weighted by Gasteiger charge is -2.21. The number of aryl methyl sites for hydroxylation is 1. The van der Waals surface area contributed by atoms with Gasteiger partial charge in [-0.2, -0.15) is 0 Å². The fourth-order valence-corrected chi connectivity index (χ4v) is 3.43. The first-order chi connectivity index (χ1) is 11.9. The quantitative estimate of drug-likeness (QED) is 0.852. The Kier molecular flexibility index (Phi) is 4.64. The zero-order chi connectivity index (χ0) is 16.2. The first kappa shape index (κ1) is 15.4. The summed E-state index contributed by atoms with van der Waals surface area (Å²) >= 11 is 0. The number of nitrogens with zero attached hydrogens (tertiary/aromatic N) is 3. The van der Waals surface area contributed by atoms with E-state index in [-0.39, 0.29) is 0 Å². The number of nitrogens with one attached hydrogen (secondary N) is 1. The van der Waals surface area contributed by atoms with E-state index in [2.05, 4.69) is 26.1 Å². The molecule has 0 saturated carbocycles. The maximum atomic E-state index is 5.75. The van der Waals surface area contributed by atoms with E-state index in [0.717, 1.165) is 61.2 Å². The molecule has 0 spiro atoms. The molecule has 0 bridgehead atoms. The minimum Gasteiger partial charge on any atom is -0.486 e. The highest BCUT2D eigenvalue weighted by Gasteiger charge is 2.16. The van der Waals surface area contributed by atoms with Crippen molar-refractivity contribution >= 4 is 0 Å². The van der Waals surface area contributed by atoms with Crippen molar-refractivity contribution in [2.24, 2.45) is 0 Å². The molecule has 0 aliphatic carbocycles. The summed E-state index contributed by atoms with van der Waals surface area (Å²) in [7, 11) is 0. The van der Waals surface area contributed by atoms with E-state index in [1.807, 2.05) is 12.1 Å². The summed E-state index contributed by atoms with van der Waals surface area (Å²) in [5, 5.41) is 12.2. The Morgan fingerprint density at radius 3 is 3.04 bits per heavy atom. The Bertz CT molecular complexity index is 698. The van der Waals surface area contributed by atoms with Crippen LogP contribution in [0.25, 0.3) is 0 Å². The summed E-state index contributed by atoms with van der Waals surface area (Å²) in [5.41, 5.74) is 1.15. The van der Waals surface area contributed by atoms with Gasteiger partial charge in [0, 0.05) is 38.0 Å². The molecule has 0 radical (unpaired) electrons. The van der Waals surface area contributed by atoms with Crippen molar-refractivity contribution < 1.29 is 9.47 Å². The number of fused-ring (bicyclic) bond motifs is 2. The largest absolute Gasteiger partial charge is 0.486 e. The molecule has 1 aromatic heterocycles. The van der Waals surface area contributed by atoms with Gasteiger partial charge < -0.3 is 19.4 Å². The smallest absolute Gasteiger partial charge is 0.165 e. The Hall–Kier alpha value is -2.08. The van der Waals surface area contributed by atoms with Crippen molar-refractivity contribution in [1.29, 1.82) is 0 Å². The summed E-state index contributed by atoms with van der Waals surface area (Å²) in [6, 6.07) is 6.07. The second kappa shape index (κ2) is 7.21. The monoisotopic (exact) mass is 328 g/mol. The number of benzene rings is 1. The van der Waals surface area contributed by atoms with Crippen LogP contribution in [0.1, 0.15) is 36.5 Å². The number of hydrogen-bond acceptors (Lipinski definition) is 5. The van der Waals surface area contributed by atoms with E-state index in [4.69, 9.17) is 9.47 Å². The lowest BCUT2D eigenvalue weighted by Crippen LogP contribution is -2.21. The minimum absolute atomic E-state index is 0.621. The van der Waals surface area contributed by atoms with Crippen LogP contribution in [0, 0.1) is 0 Å². The van der Waals surface area contributed by atoms with Crippen LogP contribution in [-0.4, -0.2) is 34.5 Å². The van der Waals surface area contributed by atoms with E-state index in [0.29, 0.717) is 13.2 Å². The molecule has 1 N–H and O–H groups in total. The van der Waals surface area contributed by atoms with E-state index in [9.17, 15) is 0 Å². The van der Waals surface area contributed by atoms with Gasteiger partial charge in [-0.1, -0.05) is 18.6 Å². The summed E-state index contributed by atoms with van der Waals surface area (Å²) in [4.78, 5) is 0. The molecule has 2 aromatic rings. The zero-order valence-corrected chi connectivity index (χ0v) is 14.0. The molecule has 4 rings (SSSR count). The van der Waals surface area contributed by atoms with Crippen molar-refractivity contribution in [2.45, 2.75) is 45.2 Å². The average molecular weight is 328 g/mol. The minimum atomic E-state index is 0.621. The number of para-hydroxylation sites is 1. The Morgan fingerprint density at radius 2 is 2.04 bits per heavy atom. The van der Waals surface area contributed by atoms with Gasteiger partial charge in [-0.15, -0.1) is 10.2 Å². The molecular weight excluding hydrogens is 304 g/mol. The van der Waals surface area contributed by atoms with E-state index in [1.54, 1.807) is 0 Å². The van der Waals surface area contributed by atoms with Crippen LogP contribution in [-0.2, 0) is 25.9 Å². The van der Waals surface area contributed by atoms with Crippen molar-refractivity contribution in [2.75, 3.05) is 19.8 Å². The Morgan fingerprint density at radius 1 is 1.08 bits per heavy atom. The molecule has 6 nitrogen and oxygen atoms in total. The van der Waals surface area contributed by atoms with Crippen LogP contribution in [0.3, 0.4) is 0 Å². The molecule has 128 valence electrons. The molecule has 0 fully saturated rings. The summed E-state index contributed by atoms with van der Waals surface area (Å²) in [6.07, 6.45) is 5.73. The lowest BCUT2D eigenvalue weighted by atomic mass is 10.1. The Labute approximate surface area is 142 Å². The van der Waals surface area contributed by atoms with Gasteiger partial charge in [-0.25, -0.2) is 0 Å². The van der Waals surface area contributed by atoms with Crippen LogP contribution < -0.4 is 14.8 Å². The maximum Gasteiger partial charge on any atom is 0.165 e. The lowest BCUT2D eigenvalue weighted by molar-refractivity contribution is 0.169. The van der Waals surface area contributed by atoms with Crippen molar-refractivity contribution in [3.8, 4) is 11.5 Å². The molecule has 24 heavy (non-hydrogen) atoms. The van der Waals surface area contributed by atoms with Gasteiger partial charge in [0.25, 0.3) is 0 Å². The van der Waals surface area contributed by atoms with Crippen LogP contribution in [0.4, 0.5) is 0 Å². The summed E-state index contributed by atoms with van der Waals surface area (Å²) in [6.45, 7) is 3.96. The van der Waals surface area contributed by atoms with Gasteiger partial charge >= 0.3 is 0 Å². The number of aromatic nitrogens is 3. The molecule has 0 amide bonds. The number of ether oxygens (including phenoxy) is 2. The van der Waals surface area contributed by atoms with Gasteiger partial charge in [0.15, 0.2) is 11.5 Å². The third-order valence-corrected chi connectivity index (χ3v) is 4.67. The molecule has 0 atom stereocenters. The molecule has 3 heterocycles. The standard InChI is InChI=1S/C18H24N4O2/c1-2-7-16-20-21-17(22(16)10-3-1)8-9-19-13-14-5-4-6-15-18(14)24-12-11-23-15/h4-6,19H,1-3,7-13H2. The van der Waals surface area contributed by atoms with Crippen molar-refractivity contribution in [3.05, 3.63) is 35.4 Å². The van der Waals surface area contributed by atoms with Gasteiger partial charge in [-0.05, 0) is 18.9 Å². The second-order valence-electron chi connectivity index (χ2n) is 6.36. The number of rotatable bonds is 5. The SMILES string of the molecule is c1cc(CNCCc2nnc3n2CCCCC3)c2c(c1)OCCO2.